The molecule has 0 heterocycles. The molecule has 22 heavy (non-hydrogen) atoms. The molecule has 0 aromatic heterocycles. The molecule has 0 saturated heterocycles. The molecule has 0 spiro atoms. The van der Waals surface area contributed by atoms with E-state index < -0.39 is 11.7 Å². The number of carbonyl (C=O) groups excluding carboxylic acids is 2. The number of rotatable bonds is 5. The van der Waals surface area contributed by atoms with Crippen molar-refractivity contribution in [3.63, 3.8) is 0 Å². The van der Waals surface area contributed by atoms with Crippen LogP contribution >= 0.6 is 0 Å². The summed E-state index contributed by atoms with van der Waals surface area (Å²) in [4.78, 5) is 25.6. The van der Waals surface area contributed by atoms with E-state index >= 15 is 0 Å². The third-order valence-electron chi connectivity index (χ3n) is 2.97. The minimum Gasteiger partial charge on any atom is -0.444 e. The second kappa shape index (κ2) is 7.82. The number of hydrogen-bond acceptors (Lipinski definition) is 3. The lowest BCUT2D eigenvalue weighted by molar-refractivity contribution is 0.0635. The monoisotopic (exact) mass is 306 g/mol. The summed E-state index contributed by atoms with van der Waals surface area (Å²) in [5, 5.41) is 2.64. The van der Waals surface area contributed by atoms with Crippen LogP contribution < -0.4 is 5.32 Å². The van der Waals surface area contributed by atoms with Crippen molar-refractivity contribution in [3.05, 3.63) is 29.8 Å². The Bertz CT molecular complexity index is 504. The van der Waals surface area contributed by atoms with Gasteiger partial charge in [0.25, 0.3) is 5.91 Å². The second-order valence-electron chi connectivity index (χ2n) is 6.28. The quantitative estimate of drug-likeness (QED) is 0.897. The number of carbonyl (C=O) groups is 2. The van der Waals surface area contributed by atoms with Gasteiger partial charge < -0.3 is 9.64 Å². The van der Waals surface area contributed by atoms with E-state index in [2.05, 4.69) is 12.2 Å². The summed E-state index contributed by atoms with van der Waals surface area (Å²) in [7, 11) is 1.80. The van der Waals surface area contributed by atoms with Gasteiger partial charge in [-0.3, -0.25) is 10.1 Å². The first-order valence-electron chi connectivity index (χ1n) is 7.58. The fourth-order valence-corrected chi connectivity index (χ4v) is 1.83. The van der Waals surface area contributed by atoms with Crippen molar-refractivity contribution in [1.82, 2.24) is 4.90 Å². The van der Waals surface area contributed by atoms with Crippen molar-refractivity contribution < 1.29 is 14.3 Å². The number of nitrogens with one attached hydrogen (secondary N) is 1. The van der Waals surface area contributed by atoms with Crippen molar-refractivity contribution in [1.29, 1.82) is 0 Å². The second-order valence-corrected chi connectivity index (χ2v) is 6.28. The van der Waals surface area contributed by atoms with Gasteiger partial charge in [0.1, 0.15) is 5.60 Å². The van der Waals surface area contributed by atoms with Crippen LogP contribution in [0.15, 0.2) is 24.3 Å². The Kier molecular flexibility index (Phi) is 6.40. The molecule has 1 aromatic carbocycles. The maximum absolute atomic E-state index is 12.2. The first-order valence-corrected chi connectivity index (χ1v) is 7.58. The number of nitrogens with zero attached hydrogens (tertiary/aromatic N) is 1. The number of amides is 2. The van der Waals surface area contributed by atoms with Gasteiger partial charge in [0.05, 0.1) is 0 Å². The Morgan fingerprint density at radius 3 is 2.27 bits per heavy atom. The molecule has 0 aliphatic heterocycles. The highest BCUT2D eigenvalue weighted by atomic mass is 16.6. The van der Waals surface area contributed by atoms with Crippen LogP contribution in [0.5, 0.6) is 0 Å². The summed E-state index contributed by atoms with van der Waals surface area (Å²) in [5.41, 5.74) is 0.664. The summed E-state index contributed by atoms with van der Waals surface area (Å²) in [6.45, 7) is 8.25. The number of ether oxygens (including phenoxy) is 1. The average molecular weight is 306 g/mol. The Hall–Kier alpha value is -2.04. The molecule has 122 valence electrons. The standard InChI is InChI=1S/C17H26N2O3/c1-6-7-12-19(5)15(20)13-8-10-14(11-9-13)18-16(21)22-17(2,3)4/h8-11H,6-7,12H2,1-5H3,(H,18,21). The average Bonchev–Trinajstić information content (AvgIpc) is 2.42. The zero-order valence-corrected chi connectivity index (χ0v) is 14.1. The number of benzene rings is 1. The molecule has 5 nitrogen and oxygen atoms in total. The SMILES string of the molecule is CCCCN(C)C(=O)c1ccc(NC(=O)OC(C)(C)C)cc1. The van der Waals surface area contributed by atoms with Crippen LogP contribution in [0, 0.1) is 0 Å². The number of unbranched alkanes of at least 4 members (excludes halogenated alkanes) is 1. The zero-order chi connectivity index (χ0) is 16.8. The van der Waals surface area contributed by atoms with Gasteiger partial charge in [-0.1, -0.05) is 13.3 Å². The van der Waals surface area contributed by atoms with E-state index in [1.54, 1.807) is 57.0 Å². The van der Waals surface area contributed by atoms with Gasteiger partial charge in [-0.15, -0.1) is 0 Å². The Morgan fingerprint density at radius 2 is 1.77 bits per heavy atom. The van der Waals surface area contributed by atoms with E-state index in [0.717, 1.165) is 19.4 Å². The predicted molar refractivity (Wildman–Crippen MR) is 88.2 cm³/mol. The van der Waals surface area contributed by atoms with Gasteiger partial charge in [-0.25, -0.2) is 4.79 Å². The van der Waals surface area contributed by atoms with Gasteiger partial charge in [0, 0.05) is 24.8 Å². The molecular formula is C17H26N2O3. The van der Waals surface area contributed by atoms with Gasteiger partial charge >= 0.3 is 6.09 Å². The summed E-state index contributed by atoms with van der Waals surface area (Å²) < 4.78 is 5.18. The molecule has 0 unspecified atom stereocenters. The molecule has 0 aliphatic rings. The first-order chi connectivity index (χ1) is 10.2. The van der Waals surface area contributed by atoms with Crippen molar-refractivity contribution in [2.45, 2.75) is 46.1 Å². The predicted octanol–water partition coefficient (Wildman–Crippen LogP) is 3.91. The summed E-state index contributed by atoms with van der Waals surface area (Å²) >= 11 is 0. The minimum absolute atomic E-state index is 0.0164. The van der Waals surface area contributed by atoms with Crippen LogP contribution in [0.4, 0.5) is 10.5 Å². The fraction of sp³-hybridized carbons (Fsp3) is 0.529. The maximum atomic E-state index is 12.2. The van der Waals surface area contributed by atoms with E-state index in [-0.39, 0.29) is 5.91 Å². The third-order valence-corrected chi connectivity index (χ3v) is 2.97. The van der Waals surface area contributed by atoms with E-state index in [4.69, 9.17) is 4.74 Å². The molecule has 0 aliphatic carbocycles. The minimum atomic E-state index is -0.540. The molecule has 0 saturated carbocycles. The van der Waals surface area contributed by atoms with Gasteiger partial charge in [-0.2, -0.15) is 0 Å². The molecule has 0 fully saturated rings. The molecule has 0 atom stereocenters. The largest absolute Gasteiger partial charge is 0.444 e. The van der Waals surface area contributed by atoms with Crippen molar-refractivity contribution >= 4 is 17.7 Å². The van der Waals surface area contributed by atoms with E-state index in [0.29, 0.717) is 11.3 Å². The normalized spacial score (nSPS) is 11.0. The summed E-state index contributed by atoms with van der Waals surface area (Å²) in [5.74, 6) is -0.0164. The van der Waals surface area contributed by atoms with Crippen molar-refractivity contribution in [2.24, 2.45) is 0 Å². The topological polar surface area (TPSA) is 58.6 Å². The van der Waals surface area contributed by atoms with Crippen molar-refractivity contribution in [2.75, 3.05) is 18.9 Å². The van der Waals surface area contributed by atoms with Gasteiger partial charge in [-0.05, 0) is 51.5 Å². The molecule has 2 amide bonds. The highest BCUT2D eigenvalue weighted by Crippen LogP contribution is 2.14. The lowest BCUT2D eigenvalue weighted by Gasteiger charge is -2.20. The van der Waals surface area contributed by atoms with E-state index in [9.17, 15) is 9.59 Å². The summed E-state index contributed by atoms with van der Waals surface area (Å²) in [6, 6.07) is 6.81. The zero-order valence-electron chi connectivity index (χ0n) is 14.1. The molecule has 5 heteroatoms. The number of hydrogen-bond donors (Lipinski definition) is 1. The first kappa shape index (κ1) is 18.0. The van der Waals surface area contributed by atoms with Crippen LogP contribution in [0.3, 0.4) is 0 Å². The Labute approximate surface area is 132 Å². The van der Waals surface area contributed by atoms with E-state index in [1.165, 1.54) is 0 Å². The van der Waals surface area contributed by atoms with E-state index in [1.807, 2.05) is 0 Å². The van der Waals surface area contributed by atoms with Gasteiger partial charge in [0.2, 0.25) is 0 Å². The lowest BCUT2D eigenvalue weighted by atomic mass is 10.1. The summed E-state index contributed by atoms with van der Waals surface area (Å²) in [6.07, 6.45) is 1.53. The lowest BCUT2D eigenvalue weighted by Crippen LogP contribution is -2.28. The molecular weight excluding hydrogens is 280 g/mol. The number of anilines is 1. The Balaban J connectivity index is 2.63. The maximum Gasteiger partial charge on any atom is 0.412 e. The van der Waals surface area contributed by atoms with Crippen LogP contribution in [-0.2, 0) is 4.74 Å². The third kappa shape index (κ3) is 6.16. The molecule has 0 radical (unpaired) electrons. The van der Waals surface area contributed by atoms with Crippen LogP contribution in [0.2, 0.25) is 0 Å². The van der Waals surface area contributed by atoms with Crippen LogP contribution in [0.1, 0.15) is 50.9 Å². The van der Waals surface area contributed by atoms with Crippen molar-refractivity contribution in [3.8, 4) is 0 Å². The molecule has 1 N–H and O–H groups in total. The smallest absolute Gasteiger partial charge is 0.412 e. The van der Waals surface area contributed by atoms with Gasteiger partial charge in [0.15, 0.2) is 0 Å². The molecule has 0 bridgehead atoms. The fourth-order valence-electron chi connectivity index (χ4n) is 1.83. The van der Waals surface area contributed by atoms with Crippen LogP contribution in [-0.4, -0.2) is 36.1 Å². The highest BCUT2D eigenvalue weighted by Gasteiger charge is 2.16. The Morgan fingerprint density at radius 1 is 1.18 bits per heavy atom. The highest BCUT2D eigenvalue weighted by molar-refractivity contribution is 5.95. The van der Waals surface area contributed by atoms with Crippen LogP contribution in [0.25, 0.3) is 0 Å². The molecule has 1 aromatic rings. The molecule has 1 rings (SSSR count).